The molecule has 4 atom stereocenters. The molecule has 3 N–H and O–H groups in total. The van der Waals surface area contributed by atoms with Crippen LogP contribution in [-0.2, 0) is 9.59 Å². The molecule has 0 bridgehead atoms. The monoisotopic (exact) mass is 426 g/mol. The van der Waals surface area contributed by atoms with E-state index < -0.39 is 12.1 Å². The van der Waals surface area contributed by atoms with Crippen LogP contribution in [0.1, 0.15) is 71.1 Å². The molecule has 0 amide bonds. The molecular weight excluding hydrogens is 388 g/mol. The number of hydrogen-bond donors (Lipinski definition) is 3. The van der Waals surface area contributed by atoms with Crippen LogP contribution in [0.2, 0.25) is 0 Å². The van der Waals surface area contributed by atoms with Crippen molar-refractivity contribution in [1.82, 2.24) is 0 Å². The Kier molecular flexibility index (Phi) is 14.0. The summed E-state index contributed by atoms with van der Waals surface area (Å²) in [5.41, 5.74) is 0. The van der Waals surface area contributed by atoms with Gasteiger partial charge >= 0.3 is 5.97 Å². The predicted molar refractivity (Wildman–Crippen MR) is 119 cm³/mol. The summed E-state index contributed by atoms with van der Waals surface area (Å²) in [4.78, 5) is 23.2. The van der Waals surface area contributed by atoms with E-state index in [1.165, 1.54) is 32.1 Å². The minimum atomic E-state index is -1.33. The second-order valence-corrected chi connectivity index (χ2v) is 9.10. The van der Waals surface area contributed by atoms with Gasteiger partial charge in [-0.05, 0) is 38.0 Å². The number of carbonyl (C=O) groups is 2. The van der Waals surface area contributed by atoms with E-state index in [2.05, 4.69) is 19.1 Å². The first-order chi connectivity index (χ1) is 14.0. The summed E-state index contributed by atoms with van der Waals surface area (Å²) < 4.78 is 0. The van der Waals surface area contributed by atoms with E-state index in [9.17, 15) is 14.7 Å². The smallest absolute Gasteiger partial charge is 0.332 e. The second-order valence-electron chi connectivity index (χ2n) is 7.76. The molecule has 5 nitrogen and oxygen atoms in total. The van der Waals surface area contributed by atoms with Gasteiger partial charge < -0.3 is 15.3 Å². The third kappa shape index (κ3) is 10.5. The highest BCUT2D eigenvalue weighted by Crippen LogP contribution is 2.40. The first-order valence-electron chi connectivity index (χ1n) is 11.0. The van der Waals surface area contributed by atoms with Gasteiger partial charge in [0.25, 0.3) is 0 Å². The maximum Gasteiger partial charge on any atom is 0.332 e. The lowest BCUT2D eigenvalue weighted by Gasteiger charge is -2.19. The van der Waals surface area contributed by atoms with Crippen molar-refractivity contribution in [1.29, 1.82) is 0 Å². The maximum absolute atomic E-state index is 12.6. The molecule has 0 aliphatic heterocycles. The normalized spacial score (nSPS) is 23.4. The van der Waals surface area contributed by atoms with Crippen molar-refractivity contribution in [2.24, 2.45) is 11.8 Å². The van der Waals surface area contributed by atoms with Crippen LogP contribution in [-0.4, -0.2) is 50.8 Å². The second kappa shape index (κ2) is 15.7. The molecule has 0 aromatic rings. The van der Waals surface area contributed by atoms with Gasteiger partial charge in [0.2, 0.25) is 0 Å². The lowest BCUT2D eigenvalue weighted by atomic mass is 9.91. The Bertz CT molecular complexity index is 531. The summed E-state index contributed by atoms with van der Waals surface area (Å²) in [6, 6.07) is 0. The predicted octanol–water partition coefficient (Wildman–Crippen LogP) is 4.37. The Morgan fingerprint density at radius 1 is 1.17 bits per heavy atom. The Labute approximate surface area is 179 Å². The molecule has 0 aromatic heterocycles. The van der Waals surface area contributed by atoms with Gasteiger partial charge in [0.15, 0.2) is 6.10 Å². The number of aliphatic carboxylic acids is 1. The fourth-order valence-corrected chi connectivity index (χ4v) is 4.93. The zero-order valence-corrected chi connectivity index (χ0v) is 18.5. The number of allylic oxidation sites excluding steroid dienone is 4. The number of carbonyl (C=O) groups excluding carboxylic acids is 1. The molecular formula is C23H38O5S. The van der Waals surface area contributed by atoms with Crippen LogP contribution in [0.25, 0.3) is 0 Å². The lowest BCUT2D eigenvalue weighted by Crippen LogP contribution is -2.18. The summed E-state index contributed by atoms with van der Waals surface area (Å²) in [7, 11) is 0. The van der Waals surface area contributed by atoms with E-state index in [0.717, 1.165) is 6.42 Å². The van der Waals surface area contributed by atoms with Gasteiger partial charge in [0.1, 0.15) is 5.78 Å². The number of thioether (sulfide) groups is 1. The Morgan fingerprint density at radius 3 is 2.62 bits per heavy atom. The van der Waals surface area contributed by atoms with Crippen LogP contribution < -0.4 is 0 Å². The van der Waals surface area contributed by atoms with Crippen LogP contribution in [0.15, 0.2) is 24.3 Å². The van der Waals surface area contributed by atoms with Crippen molar-refractivity contribution >= 4 is 23.5 Å². The van der Waals surface area contributed by atoms with Gasteiger partial charge in [-0.15, -0.1) is 0 Å². The minimum Gasteiger partial charge on any atom is -0.479 e. The average Bonchev–Trinajstić information content (AvgIpc) is 2.99. The molecule has 1 saturated carbocycles. The first kappa shape index (κ1) is 25.9. The Balaban J connectivity index is 2.56. The van der Waals surface area contributed by atoms with E-state index >= 15 is 0 Å². The molecule has 29 heavy (non-hydrogen) atoms. The molecule has 1 aliphatic rings. The summed E-state index contributed by atoms with van der Waals surface area (Å²) in [5, 5.41) is 27.4. The van der Waals surface area contributed by atoms with Crippen molar-refractivity contribution in [2.45, 2.75) is 82.5 Å². The third-order valence-electron chi connectivity index (χ3n) is 5.41. The molecule has 0 saturated heterocycles. The fraction of sp³-hybridized carbons (Fsp3) is 0.739. The van der Waals surface area contributed by atoms with Crippen LogP contribution in [0.3, 0.4) is 0 Å². The van der Waals surface area contributed by atoms with Crippen molar-refractivity contribution in [3.05, 3.63) is 24.3 Å². The number of hydrogen-bond acceptors (Lipinski definition) is 5. The molecule has 1 aliphatic carbocycles. The van der Waals surface area contributed by atoms with Crippen LogP contribution in [0.5, 0.6) is 0 Å². The van der Waals surface area contributed by atoms with E-state index in [0.29, 0.717) is 25.0 Å². The highest BCUT2D eigenvalue weighted by Gasteiger charge is 2.40. The van der Waals surface area contributed by atoms with Gasteiger partial charge in [0.05, 0.1) is 6.61 Å². The first-order valence-corrected chi connectivity index (χ1v) is 12.0. The molecule has 0 heterocycles. The summed E-state index contributed by atoms with van der Waals surface area (Å²) in [6.07, 6.45) is 16.1. The summed E-state index contributed by atoms with van der Waals surface area (Å²) in [5.74, 6) is -0.150. The standard InChI is InChI=1S/C23H38O5S/c1-2-3-4-5-6-7-9-13-19-18(21(26)17-22(19)29-16-15-24)12-10-8-11-14-20(25)23(27)28/h8-10,13,18-20,22,24-25H,2-7,11-12,14-17H2,1H3,(H,27,28)/b10-8-,13-9+/t18-,19-,20?,22+/m1/s1. The summed E-state index contributed by atoms with van der Waals surface area (Å²) >= 11 is 1.68. The highest BCUT2D eigenvalue weighted by atomic mass is 32.2. The number of aliphatic hydroxyl groups is 2. The van der Waals surface area contributed by atoms with Crippen molar-refractivity contribution in [3.8, 4) is 0 Å². The Hall–Kier alpha value is -1.11. The van der Waals surface area contributed by atoms with Crippen LogP contribution in [0, 0.1) is 11.8 Å². The van der Waals surface area contributed by atoms with Gasteiger partial charge in [-0.3, -0.25) is 4.79 Å². The van der Waals surface area contributed by atoms with Crippen LogP contribution >= 0.6 is 11.8 Å². The van der Waals surface area contributed by atoms with E-state index in [1.54, 1.807) is 11.8 Å². The zero-order valence-electron chi connectivity index (χ0n) is 17.7. The molecule has 6 heteroatoms. The average molecular weight is 427 g/mol. The lowest BCUT2D eigenvalue weighted by molar-refractivity contribution is -0.146. The summed E-state index contributed by atoms with van der Waals surface area (Å²) in [6.45, 7) is 2.34. The van der Waals surface area contributed by atoms with Gasteiger partial charge in [-0.25, -0.2) is 4.79 Å². The maximum atomic E-state index is 12.6. The van der Waals surface area contributed by atoms with Gasteiger partial charge in [-0.1, -0.05) is 56.9 Å². The minimum absolute atomic E-state index is 0.0526. The van der Waals surface area contributed by atoms with Crippen molar-refractivity contribution in [3.63, 3.8) is 0 Å². The number of unbranched alkanes of at least 4 members (excludes halogenated alkanes) is 5. The van der Waals surface area contributed by atoms with Gasteiger partial charge in [-0.2, -0.15) is 11.8 Å². The topological polar surface area (TPSA) is 94.8 Å². The van der Waals surface area contributed by atoms with E-state index in [4.69, 9.17) is 10.2 Å². The van der Waals surface area contributed by atoms with Crippen molar-refractivity contribution in [2.75, 3.05) is 12.4 Å². The van der Waals surface area contributed by atoms with Crippen LogP contribution in [0.4, 0.5) is 0 Å². The number of carboxylic acids is 1. The number of ketones is 1. The fourth-order valence-electron chi connectivity index (χ4n) is 3.74. The number of aliphatic hydroxyl groups excluding tert-OH is 2. The third-order valence-corrected chi connectivity index (χ3v) is 6.74. The number of rotatable bonds is 16. The molecule has 166 valence electrons. The SMILES string of the molecule is CCCCCCC/C=C/[C@H]1[C@@H](SCCO)CC(=O)[C@@H]1C/C=C\CCC(O)C(=O)O. The molecule has 1 unspecified atom stereocenters. The largest absolute Gasteiger partial charge is 0.479 e. The molecule has 0 radical (unpaired) electrons. The Morgan fingerprint density at radius 2 is 1.93 bits per heavy atom. The van der Waals surface area contributed by atoms with E-state index in [1.807, 2.05) is 12.2 Å². The van der Waals surface area contributed by atoms with E-state index in [-0.39, 0.29) is 35.9 Å². The number of Topliss-reactive ketones (excluding diaryl/α,β-unsaturated/α-hetero) is 1. The van der Waals surface area contributed by atoms with Gasteiger partial charge in [0, 0.05) is 23.3 Å². The molecule has 1 rings (SSSR count). The quantitative estimate of drug-likeness (QED) is 0.250. The highest BCUT2D eigenvalue weighted by molar-refractivity contribution is 8.00. The molecule has 0 aromatic carbocycles. The molecule has 1 fully saturated rings. The zero-order chi connectivity index (χ0) is 21.5. The molecule has 0 spiro atoms. The van der Waals surface area contributed by atoms with Crippen molar-refractivity contribution < 1.29 is 24.9 Å². The number of carboxylic acid groups (broad SMARTS) is 1.